The predicted molar refractivity (Wildman–Crippen MR) is 114 cm³/mol. The van der Waals surface area contributed by atoms with Crippen molar-refractivity contribution in [3.63, 3.8) is 0 Å². The molecule has 2 aliphatic rings. The van der Waals surface area contributed by atoms with E-state index >= 15 is 0 Å². The first-order valence-electron chi connectivity index (χ1n) is 10.0. The molecule has 2 aromatic carbocycles. The van der Waals surface area contributed by atoms with E-state index in [1.807, 2.05) is 35.2 Å². The van der Waals surface area contributed by atoms with Crippen LogP contribution in [0.4, 0.5) is 0 Å². The number of rotatable bonds is 3. The molecule has 148 valence electrons. The molecule has 2 fully saturated rings. The summed E-state index contributed by atoms with van der Waals surface area (Å²) in [5.41, 5.74) is 2.32. The van der Waals surface area contributed by atoms with Gasteiger partial charge in [-0.2, -0.15) is 0 Å². The number of amides is 1. The molecule has 4 rings (SSSR count). The molecule has 0 unspecified atom stereocenters. The molecule has 0 radical (unpaired) electrons. The first-order chi connectivity index (χ1) is 13.5. The fraction of sp³-hybridized carbons (Fsp3) is 0.435. The van der Waals surface area contributed by atoms with Gasteiger partial charge < -0.3 is 10.0 Å². The molecular formula is C23H27BrN2O2. The fourth-order valence-electron chi connectivity index (χ4n) is 4.75. The summed E-state index contributed by atoms with van der Waals surface area (Å²) in [6, 6.07) is 18.4. The number of β-amino-alcohol motifs (C(OH)–C–C–N with tert-alkyl or cyclic N) is 1. The van der Waals surface area contributed by atoms with Crippen LogP contribution in [0.2, 0.25) is 0 Å². The van der Waals surface area contributed by atoms with E-state index in [0.717, 1.165) is 22.9 Å². The molecule has 5 heteroatoms. The molecule has 1 amide bonds. The van der Waals surface area contributed by atoms with E-state index < -0.39 is 6.10 Å². The van der Waals surface area contributed by atoms with Crippen LogP contribution in [0, 0.1) is 5.92 Å². The Morgan fingerprint density at radius 3 is 2.46 bits per heavy atom. The highest BCUT2D eigenvalue weighted by atomic mass is 79.9. The fourth-order valence-corrected chi connectivity index (χ4v) is 5.02. The highest BCUT2D eigenvalue weighted by Gasteiger charge is 2.44. The molecular weight excluding hydrogens is 416 g/mol. The maximum atomic E-state index is 13.4. The van der Waals surface area contributed by atoms with Crippen LogP contribution in [-0.4, -0.2) is 46.0 Å². The van der Waals surface area contributed by atoms with Gasteiger partial charge in [-0.3, -0.25) is 9.69 Å². The van der Waals surface area contributed by atoms with Crippen molar-refractivity contribution in [2.75, 3.05) is 13.1 Å². The summed E-state index contributed by atoms with van der Waals surface area (Å²) in [6.07, 6.45) is 1.33. The van der Waals surface area contributed by atoms with Gasteiger partial charge in [-0.05, 0) is 42.0 Å². The number of fused-ring (bicyclic) bond motifs is 1. The van der Waals surface area contributed by atoms with Crippen LogP contribution in [0.25, 0.3) is 0 Å². The molecule has 28 heavy (non-hydrogen) atoms. The Balaban J connectivity index is 1.62. The number of carbonyl (C=O) groups excluding carboxylic acids is 1. The average molecular weight is 443 g/mol. The van der Waals surface area contributed by atoms with Gasteiger partial charge in [0.1, 0.15) is 0 Å². The lowest BCUT2D eigenvalue weighted by atomic mass is 9.82. The Morgan fingerprint density at radius 2 is 1.75 bits per heavy atom. The summed E-state index contributed by atoms with van der Waals surface area (Å²) in [4.78, 5) is 17.5. The lowest BCUT2D eigenvalue weighted by Crippen LogP contribution is -2.51. The Bertz CT molecular complexity index is 811. The third-order valence-electron chi connectivity index (χ3n) is 6.07. The molecule has 4 atom stereocenters. The molecule has 0 aliphatic carbocycles. The molecule has 0 saturated carbocycles. The van der Waals surface area contributed by atoms with Crippen LogP contribution < -0.4 is 0 Å². The van der Waals surface area contributed by atoms with E-state index in [1.54, 1.807) is 0 Å². The number of carbonyl (C=O) groups is 1. The lowest BCUT2D eigenvalue weighted by molar-refractivity contribution is -0.139. The minimum atomic E-state index is -0.541. The van der Waals surface area contributed by atoms with Gasteiger partial charge in [0.2, 0.25) is 5.91 Å². The normalized spacial score (nSPS) is 28.7. The molecule has 0 aromatic heterocycles. The van der Waals surface area contributed by atoms with Crippen molar-refractivity contribution in [2.24, 2.45) is 5.92 Å². The SMILES string of the molecule is C[C@@H]1CC[C@H]2C(=O)N(Cc3ccccc3)C[C@H](O)CN2[C@@H]1c1ccc(Br)cc1. The van der Waals surface area contributed by atoms with Gasteiger partial charge in [-0.1, -0.05) is 65.3 Å². The van der Waals surface area contributed by atoms with Crippen LogP contribution in [0.5, 0.6) is 0 Å². The Hall–Kier alpha value is -1.69. The van der Waals surface area contributed by atoms with E-state index in [4.69, 9.17) is 0 Å². The zero-order valence-electron chi connectivity index (χ0n) is 16.2. The second-order valence-corrected chi connectivity index (χ2v) is 9.04. The largest absolute Gasteiger partial charge is 0.390 e. The predicted octanol–water partition coefficient (Wildman–Crippen LogP) is 3.99. The highest BCUT2D eigenvalue weighted by molar-refractivity contribution is 9.10. The quantitative estimate of drug-likeness (QED) is 0.780. The van der Waals surface area contributed by atoms with Crippen molar-refractivity contribution in [3.05, 3.63) is 70.2 Å². The summed E-state index contributed by atoms with van der Waals surface area (Å²) in [5, 5.41) is 10.7. The van der Waals surface area contributed by atoms with Crippen molar-refractivity contribution >= 4 is 21.8 Å². The van der Waals surface area contributed by atoms with Crippen LogP contribution in [0.3, 0.4) is 0 Å². The van der Waals surface area contributed by atoms with Crippen molar-refractivity contribution in [1.82, 2.24) is 9.80 Å². The Labute approximate surface area is 175 Å². The standard InChI is InChI=1S/C23H27BrN2O2/c1-16-7-12-21-23(28)25(13-17-5-3-2-4-6-17)14-20(27)15-26(21)22(16)18-8-10-19(24)11-9-18/h2-6,8-11,16,20-22,27H,7,12-15H2,1H3/t16-,20+,21+,22+/m1/s1. The number of piperidine rings is 1. The summed E-state index contributed by atoms with van der Waals surface area (Å²) >= 11 is 3.51. The summed E-state index contributed by atoms with van der Waals surface area (Å²) in [7, 11) is 0. The van der Waals surface area contributed by atoms with Gasteiger partial charge in [-0.25, -0.2) is 0 Å². The minimum Gasteiger partial charge on any atom is -0.390 e. The first kappa shape index (κ1) is 19.6. The first-order valence-corrected chi connectivity index (χ1v) is 10.8. The van der Waals surface area contributed by atoms with Gasteiger partial charge in [-0.15, -0.1) is 0 Å². The maximum absolute atomic E-state index is 13.4. The summed E-state index contributed by atoms with van der Waals surface area (Å²) in [5.74, 6) is 0.590. The molecule has 1 N–H and O–H groups in total. The van der Waals surface area contributed by atoms with E-state index in [0.29, 0.717) is 25.6 Å². The molecule has 4 nitrogen and oxygen atoms in total. The van der Waals surface area contributed by atoms with Gasteiger partial charge in [0.05, 0.1) is 12.1 Å². The second-order valence-electron chi connectivity index (χ2n) is 8.12. The zero-order chi connectivity index (χ0) is 19.7. The number of benzene rings is 2. The number of halogens is 1. The number of hydrogen-bond acceptors (Lipinski definition) is 3. The van der Waals surface area contributed by atoms with Crippen molar-refractivity contribution < 1.29 is 9.90 Å². The van der Waals surface area contributed by atoms with E-state index in [-0.39, 0.29) is 18.0 Å². The number of aliphatic hydroxyl groups excluding tert-OH is 1. The van der Waals surface area contributed by atoms with Crippen molar-refractivity contribution in [3.8, 4) is 0 Å². The second kappa shape index (κ2) is 8.36. The van der Waals surface area contributed by atoms with Gasteiger partial charge in [0, 0.05) is 30.1 Å². The maximum Gasteiger partial charge on any atom is 0.240 e. The Morgan fingerprint density at radius 1 is 1.04 bits per heavy atom. The number of nitrogens with zero attached hydrogens (tertiary/aromatic N) is 2. The third kappa shape index (κ3) is 4.02. The average Bonchev–Trinajstić information content (AvgIpc) is 2.80. The van der Waals surface area contributed by atoms with Crippen LogP contribution in [0.15, 0.2) is 59.1 Å². The monoisotopic (exact) mass is 442 g/mol. The third-order valence-corrected chi connectivity index (χ3v) is 6.60. The number of aliphatic hydroxyl groups is 1. The minimum absolute atomic E-state index is 0.148. The zero-order valence-corrected chi connectivity index (χ0v) is 17.8. The number of hydrogen-bond donors (Lipinski definition) is 1. The van der Waals surface area contributed by atoms with Crippen molar-refractivity contribution in [1.29, 1.82) is 0 Å². The Kier molecular flexibility index (Phi) is 5.85. The van der Waals surface area contributed by atoms with Gasteiger partial charge in [0.15, 0.2) is 0 Å². The molecule has 2 aromatic rings. The molecule has 2 heterocycles. The lowest BCUT2D eigenvalue weighted by Gasteiger charge is -2.44. The topological polar surface area (TPSA) is 43.8 Å². The molecule has 0 bridgehead atoms. The molecule has 2 saturated heterocycles. The molecule has 2 aliphatic heterocycles. The summed E-state index contributed by atoms with van der Waals surface area (Å²) < 4.78 is 1.05. The van der Waals surface area contributed by atoms with Gasteiger partial charge >= 0.3 is 0 Å². The van der Waals surface area contributed by atoms with Crippen LogP contribution >= 0.6 is 15.9 Å². The van der Waals surface area contributed by atoms with E-state index in [1.165, 1.54) is 5.56 Å². The van der Waals surface area contributed by atoms with E-state index in [2.05, 4.69) is 52.0 Å². The highest BCUT2D eigenvalue weighted by Crippen LogP contribution is 2.40. The smallest absolute Gasteiger partial charge is 0.240 e. The summed E-state index contributed by atoms with van der Waals surface area (Å²) in [6.45, 7) is 3.74. The van der Waals surface area contributed by atoms with Crippen molar-refractivity contribution in [2.45, 2.75) is 44.5 Å². The van der Waals surface area contributed by atoms with Crippen LogP contribution in [-0.2, 0) is 11.3 Å². The molecule has 0 spiro atoms. The van der Waals surface area contributed by atoms with E-state index in [9.17, 15) is 9.90 Å². The van der Waals surface area contributed by atoms with Crippen LogP contribution in [0.1, 0.15) is 36.9 Å². The van der Waals surface area contributed by atoms with Gasteiger partial charge in [0.25, 0.3) is 0 Å².